The first-order valence-electron chi connectivity index (χ1n) is 10.9. The minimum Gasteiger partial charge on any atom is -0.466 e. The number of likely N-dealkylation sites (tertiary alicyclic amines) is 1. The van der Waals surface area contributed by atoms with Gasteiger partial charge >= 0.3 is 0 Å². The van der Waals surface area contributed by atoms with Crippen LogP contribution in [0.1, 0.15) is 48.7 Å². The van der Waals surface area contributed by atoms with Crippen LogP contribution in [0.15, 0.2) is 33.0 Å². The summed E-state index contributed by atoms with van der Waals surface area (Å²) in [5.41, 5.74) is -0.261. The second-order valence-electron chi connectivity index (χ2n) is 8.50. The van der Waals surface area contributed by atoms with Crippen LogP contribution in [0, 0.1) is 19.8 Å². The number of piperidine rings is 1. The van der Waals surface area contributed by atoms with Crippen molar-refractivity contribution in [2.75, 3.05) is 32.7 Å². The van der Waals surface area contributed by atoms with Crippen molar-refractivity contribution in [2.45, 2.75) is 52.7 Å². The number of aryl methyl sites for hydroxylation is 2. The molecule has 1 aliphatic heterocycles. The third-order valence-electron chi connectivity index (χ3n) is 5.63. The predicted octanol–water partition coefficient (Wildman–Crippen LogP) is 3.63. The van der Waals surface area contributed by atoms with Crippen molar-refractivity contribution >= 4 is 17.3 Å². The molecular formula is C23H36N4O2S. The number of nitrogens with one attached hydrogen (secondary N) is 2. The minimum atomic E-state index is -1.06. The van der Waals surface area contributed by atoms with Crippen LogP contribution < -0.4 is 10.6 Å². The van der Waals surface area contributed by atoms with E-state index >= 15 is 0 Å². The molecule has 30 heavy (non-hydrogen) atoms. The van der Waals surface area contributed by atoms with Crippen molar-refractivity contribution in [3.05, 3.63) is 45.5 Å². The average molecular weight is 433 g/mol. The predicted molar refractivity (Wildman–Crippen MR) is 124 cm³/mol. The smallest absolute Gasteiger partial charge is 0.191 e. The van der Waals surface area contributed by atoms with Crippen molar-refractivity contribution in [3.8, 4) is 0 Å². The fourth-order valence-electron chi connectivity index (χ4n) is 4.15. The van der Waals surface area contributed by atoms with Gasteiger partial charge < -0.3 is 20.2 Å². The van der Waals surface area contributed by atoms with Gasteiger partial charge in [-0.05, 0) is 70.5 Å². The topological polar surface area (TPSA) is 73.0 Å². The van der Waals surface area contributed by atoms with Crippen LogP contribution in [-0.2, 0) is 12.1 Å². The highest BCUT2D eigenvalue weighted by Crippen LogP contribution is 2.27. The largest absolute Gasteiger partial charge is 0.466 e. The average Bonchev–Trinajstić information content (AvgIpc) is 3.33. The van der Waals surface area contributed by atoms with E-state index in [-0.39, 0.29) is 6.54 Å². The monoisotopic (exact) mass is 432 g/mol. The summed E-state index contributed by atoms with van der Waals surface area (Å²) in [5, 5.41) is 19.9. The van der Waals surface area contributed by atoms with Crippen LogP contribution in [-0.4, -0.2) is 48.7 Å². The third-order valence-corrected chi connectivity index (χ3v) is 6.49. The Labute approximate surface area is 184 Å². The van der Waals surface area contributed by atoms with Gasteiger partial charge in [0.1, 0.15) is 17.1 Å². The second kappa shape index (κ2) is 10.5. The lowest BCUT2D eigenvalue weighted by Gasteiger charge is -2.32. The number of rotatable bonds is 8. The van der Waals surface area contributed by atoms with Crippen molar-refractivity contribution in [1.82, 2.24) is 15.5 Å². The molecule has 0 radical (unpaired) electrons. The number of furan rings is 1. The number of guanidine groups is 1. The molecule has 0 aliphatic carbocycles. The molecule has 2 unspecified atom stereocenters. The summed E-state index contributed by atoms with van der Waals surface area (Å²) in [5.74, 6) is 2.91. The van der Waals surface area contributed by atoms with Crippen molar-refractivity contribution < 1.29 is 9.52 Å². The molecule has 2 aromatic rings. The standard InChI is InChI=1S/C23H36N4O2S/c1-5-24-22(26-16-23(4,28)21-12-17(2)29-18(21)3)25-13-19-8-6-10-27(14-19)15-20-9-7-11-30-20/h7,9,11-12,19,28H,5-6,8,10,13-16H2,1-4H3,(H2,24,25,26). The van der Waals surface area contributed by atoms with Gasteiger partial charge in [0.25, 0.3) is 0 Å². The van der Waals surface area contributed by atoms with E-state index in [2.05, 4.69) is 45.0 Å². The van der Waals surface area contributed by atoms with Gasteiger partial charge in [0.05, 0.1) is 6.54 Å². The molecule has 0 saturated carbocycles. The summed E-state index contributed by atoms with van der Waals surface area (Å²) >= 11 is 1.84. The summed E-state index contributed by atoms with van der Waals surface area (Å²) < 4.78 is 5.59. The molecular weight excluding hydrogens is 396 g/mol. The van der Waals surface area contributed by atoms with Crippen LogP contribution in [0.3, 0.4) is 0 Å². The number of hydrogen-bond donors (Lipinski definition) is 3. The van der Waals surface area contributed by atoms with Crippen molar-refractivity contribution in [2.24, 2.45) is 10.9 Å². The molecule has 1 saturated heterocycles. The van der Waals surface area contributed by atoms with E-state index in [1.807, 2.05) is 31.3 Å². The fraction of sp³-hybridized carbons (Fsp3) is 0.609. The molecule has 3 heterocycles. The molecule has 0 bridgehead atoms. The number of thiophene rings is 1. The lowest BCUT2D eigenvalue weighted by atomic mass is 9.96. The van der Waals surface area contributed by atoms with Gasteiger partial charge in [-0.3, -0.25) is 4.90 Å². The Morgan fingerprint density at radius 1 is 1.40 bits per heavy atom. The van der Waals surface area contributed by atoms with Gasteiger partial charge in [0.2, 0.25) is 0 Å². The maximum atomic E-state index is 10.9. The molecule has 166 valence electrons. The van der Waals surface area contributed by atoms with E-state index in [1.54, 1.807) is 6.92 Å². The van der Waals surface area contributed by atoms with Gasteiger partial charge in [0.15, 0.2) is 5.96 Å². The Morgan fingerprint density at radius 3 is 2.90 bits per heavy atom. The van der Waals surface area contributed by atoms with Gasteiger partial charge in [-0.2, -0.15) is 0 Å². The van der Waals surface area contributed by atoms with Crippen LogP contribution in [0.2, 0.25) is 0 Å². The first-order chi connectivity index (χ1) is 14.4. The highest BCUT2D eigenvalue weighted by atomic mass is 32.1. The molecule has 0 amide bonds. The highest BCUT2D eigenvalue weighted by molar-refractivity contribution is 7.09. The number of aliphatic imine (C=N–C) groups is 1. The zero-order valence-corrected chi connectivity index (χ0v) is 19.5. The quantitative estimate of drug-likeness (QED) is 0.439. The van der Waals surface area contributed by atoms with Gasteiger partial charge in [-0.1, -0.05) is 6.07 Å². The van der Waals surface area contributed by atoms with Crippen LogP contribution in [0.5, 0.6) is 0 Å². The third kappa shape index (κ3) is 6.33. The summed E-state index contributed by atoms with van der Waals surface area (Å²) in [6.45, 7) is 12.9. The molecule has 1 fully saturated rings. The van der Waals surface area contributed by atoms with Crippen LogP contribution in [0.4, 0.5) is 0 Å². The molecule has 3 N–H and O–H groups in total. The zero-order valence-electron chi connectivity index (χ0n) is 18.7. The van der Waals surface area contributed by atoms with E-state index in [1.165, 1.54) is 24.3 Å². The van der Waals surface area contributed by atoms with Gasteiger partial charge in [0, 0.05) is 36.6 Å². The second-order valence-corrected chi connectivity index (χ2v) is 9.53. The summed E-state index contributed by atoms with van der Waals surface area (Å²) in [4.78, 5) is 8.66. The van der Waals surface area contributed by atoms with Crippen LogP contribution >= 0.6 is 11.3 Å². The summed E-state index contributed by atoms with van der Waals surface area (Å²) in [6, 6.07) is 6.25. The maximum absolute atomic E-state index is 10.9. The molecule has 0 spiro atoms. The highest BCUT2D eigenvalue weighted by Gasteiger charge is 2.28. The van der Waals surface area contributed by atoms with E-state index in [4.69, 9.17) is 4.42 Å². The number of aliphatic hydroxyl groups is 1. The van der Waals surface area contributed by atoms with Crippen LogP contribution in [0.25, 0.3) is 0 Å². The Bertz CT molecular complexity index is 813. The van der Waals surface area contributed by atoms with E-state index in [0.29, 0.717) is 5.92 Å². The lowest BCUT2D eigenvalue weighted by Crippen LogP contribution is -2.44. The number of hydrogen-bond acceptors (Lipinski definition) is 5. The van der Waals surface area contributed by atoms with E-state index < -0.39 is 5.60 Å². The Balaban J connectivity index is 1.55. The first-order valence-corrected chi connectivity index (χ1v) is 11.8. The first kappa shape index (κ1) is 22.8. The molecule has 3 rings (SSSR count). The molecule has 2 aromatic heterocycles. The van der Waals surface area contributed by atoms with E-state index in [9.17, 15) is 5.11 Å². The SMILES string of the molecule is CCNC(=NCC(C)(O)c1cc(C)oc1C)NCC1CCCN(Cc2cccs2)C1. The Hall–Kier alpha value is -1.83. The molecule has 0 aromatic carbocycles. The minimum absolute atomic E-state index is 0.275. The Kier molecular flexibility index (Phi) is 7.97. The van der Waals surface area contributed by atoms with Gasteiger partial charge in [-0.15, -0.1) is 11.3 Å². The summed E-state index contributed by atoms with van der Waals surface area (Å²) in [6.07, 6.45) is 2.47. The fourth-order valence-corrected chi connectivity index (χ4v) is 4.90. The molecule has 6 nitrogen and oxygen atoms in total. The molecule has 2 atom stereocenters. The van der Waals surface area contributed by atoms with Crippen molar-refractivity contribution in [1.29, 1.82) is 0 Å². The van der Waals surface area contributed by atoms with E-state index in [0.717, 1.165) is 49.2 Å². The van der Waals surface area contributed by atoms with Crippen molar-refractivity contribution in [3.63, 3.8) is 0 Å². The Morgan fingerprint density at radius 2 is 2.23 bits per heavy atom. The normalized spacial score (nSPS) is 20.2. The number of nitrogens with zero attached hydrogens (tertiary/aromatic N) is 2. The maximum Gasteiger partial charge on any atom is 0.191 e. The lowest BCUT2D eigenvalue weighted by molar-refractivity contribution is 0.0656. The molecule has 1 aliphatic rings. The van der Waals surface area contributed by atoms with Gasteiger partial charge in [-0.25, -0.2) is 4.99 Å². The zero-order chi connectivity index (χ0) is 21.6. The molecule has 7 heteroatoms. The summed E-state index contributed by atoms with van der Waals surface area (Å²) in [7, 11) is 0.